The molecule has 1 saturated heterocycles. The third kappa shape index (κ3) is 2.95. The first-order valence-corrected chi connectivity index (χ1v) is 5.79. The Morgan fingerprint density at radius 2 is 2.38 bits per heavy atom. The molecular weight excluding hydrogens is 208 g/mol. The fourth-order valence-electron chi connectivity index (χ4n) is 2.20. The minimum absolute atomic E-state index is 0.0304. The molecule has 1 heterocycles. The molecule has 0 radical (unpaired) electrons. The highest BCUT2D eigenvalue weighted by atomic mass is 16.3. The highest BCUT2D eigenvalue weighted by Crippen LogP contribution is 2.20. The summed E-state index contributed by atoms with van der Waals surface area (Å²) < 4.78 is 0. The van der Waals surface area contributed by atoms with Gasteiger partial charge in [0.2, 0.25) is 11.8 Å². The quantitative estimate of drug-likeness (QED) is 0.703. The average molecular weight is 228 g/mol. The second-order valence-corrected chi connectivity index (χ2v) is 4.31. The van der Waals surface area contributed by atoms with Gasteiger partial charge < -0.3 is 15.7 Å². The van der Waals surface area contributed by atoms with Crippen molar-refractivity contribution in [1.82, 2.24) is 4.90 Å². The third-order valence-corrected chi connectivity index (χ3v) is 3.14. The predicted molar refractivity (Wildman–Crippen MR) is 59.4 cm³/mol. The first kappa shape index (κ1) is 13.0. The van der Waals surface area contributed by atoms with Crippen molar-refractivity contribution in [2.45, 2.75) is 38.6 Å². The van der Waals surface area contributed by atoms with Crippen LogP contribution in [-0.4, -0.2) is 41.0 Å². The summed E-state index contributed by atoms with van der Waals surface area (Å²) in [5, 5.41) is 9.06. The number of hydrogen-bond acceptors (Lipinski definition) is 3. The van der Waals surface area contributed by atoms with E-state index in [4.69, 9.17) is 10.8 Å². The summed E-state index contributed by atoms with van der Waals surface area (Å²) in [6.45, 7) is 2.45. The van der Waals surface area contributed by atoms with Gasteiger partial charge in [0, 0.05) is 19.6 Å². The molecule has 0 saturated carbocycles. The molecule has 5 heteroatoms. The number of carbonyl (C=O) groups excluding carboxylic acids is 2. The first-order valence-electron chi connectivity index (χ1n) is 5.79. The van der Waals surface area contributed by atoms with E-state index in [1.807, 2.05) is 6.92 Å². The van der Waals surface area contributed by atoms with Crippen LogP contribution in [-0.2, 0) is 9.59 Å². The van der Waals surface area contributed by atoms with Gasteiger partial charge in [0.1, 0.15) is 6.04 Å². The highest BCUT2D eigenvalue weighted by molar-refractivity contribution is 5.86. The molecule has 16 heavy (non-hydrogen) atoms. The van der Waals surface area contributed by atoms with E-state index in [2.05, 4.69) is 0 Å². The van der Waals surface area contributed by atoms with E-state index in [1.54, 1.807) is 4.90 Å². The topological polar surface area (TPSA) is 83.6 Å². The maximum Gasteiger partial charge on any atom is 0.240 e. The van der Waals surface area contributed by atoms with Crippen LogP contribution in [0.5, 0.6) is 0 Å². The van der Waals surface area contributed by atoms with E-state index < -0.39 is 11.9 Å². The molecule has 0 aliphatic carbocycles. The number of hydrogen-bond donors (Lipinski definition) is 2. The second kappa shape index (κ2) is 5.84. The van der Waals surface area contributed by atoms with Gasteiger partial charge in [-0.25, -0.2) is 0 Å². The maximum absolute atomic E-state index is 11.9. The van der Waals surface area contributed by atoms with Gasteiger partial charge in [-0.2, -0.15) is 0 Å². The van der Waals surface area contributed by atoms with Gasteiger partial charge in [0.25, 0.3) is 0 Å². The highest BCUT2D eigenvalue weighted by Gasteiger charge is 2.30. The van der Waals surface area contributed by atoms with Crippen LogP contribution in [0.3, 0.4) is 0 Å². The van der Waals surface area contributed by atoms with Crippen molar-refractivity contribution in [3.63, 3.8) is 0 Å². The number of likely N-dealkylation sites (tertiary alicyclic amines) is 1. The number of rotatable bonds is 4. The van der Waals surface area contributed by atoms with Crippen molar-refractivity contribution >= 4 is 11.8 Å². The van der Waals surface area contributed by atoms with Crippen molar-refractivity contribution in [1.29, 1.82) is 0 Å². The molecule has 1 aliphatic rings. The predicted octanol–water partition coefficient (Wildman–Crippen LogP) is -0.129. The Bertz CT molecular complexity index is 268. The van der Waals surface area contributed by atoms with Crippen LogP contribution in [0.4, 0.5) is 0 Å². The number of aliphatic hydroxyl groups excluding tert-OH is 1. The van der Waals surface area contributed by atoms with Gasteiger partial charge >= 0.3 is 0 Å². The maximum atomic E-state index is 11.9. The summed E-state index contributed by atoms with van der Waals surface area (Å²) in [5.74, 6) is -0.483. The van der Waals surface area contributed by atoms with E-state index in [0.717, 1.165) is 12.8 Å². The van der Waals surface area contributed by atoms with E-state index in [-0.39, 0.29) is 18.4 Å². The molecule has 3 N–H and O–H groups in total. The van der Waals surface area contributed by atoms with Gasteiger partial charge in [0.15, 0.2) is 0 Å². The van der Waals surface area contributed by atoms with Crippen molar-refractivity contribution < 1.29 is 14.7 Å². The summed E-state index contributed by atoms with van der Waals surface area (Å²) in [6, 6.07) is -0.495. The van der Waals surface area contributed by atoms with Gasteiger partial charge in [-0.15, -0.1) is 0 Å². The lowest BCUT2D eigenvalue weighted by atomic mass is 10.0. The number of aliphatic hydroxyl groups is 1. The minimum atomic E-state index is -0.495. The van der Waals surface area contributed by atoms with Gasteiger partial charge in [-0.3, -0.25) is 9.59 Å². The lowest BCUT2D eigenvalue weighted by Gasteiger charge is -2.27. The second-order valence-electron chi connectivity index (χ2n) is 4.31. The zero-order valence-electron chi connectivity index (χ0n) is 9.69. The molecule has 2 unspecified atom stereocenters. The zero-order chi connectivity index (χ0) is 12.1. The summed E-state index contributed by atoms with van der Waals surface area (Å²) in [4.78, 5) is 24.7. The Balaban J connectivity index is 2.72. The number of nitrogens with two attached hydrogens (primary N) is 1. The van der Waals surface area contributed by atoms with Crippen LogP contribution in [0.25, 0.3) is 0 Å². The molecule has 0 bridgehead atoms. The first-order chi connectivity index (χ1) is 7.60. The van der Waals surface area contributed by atoms with Crippen molar-refractivity contribution in [3.05, 3.63) is 0 Å². The Labute approximate surface area is 95.6 Å². The monoisotopic (exact) mass is 228 g/mol. The van der Waals surface area contributed by atoms with Crippen molar-refractivity contribution in [3.8, 4) is 0 Å². The number of carbonyl (C=O) groups is 2. The van der Waals surface area contributed by atoms with E-state index in [1.165, 1.54) is 0 Å². The normalized spacial score (nSPS) is 24.0. The lowest BCUT2D eigenvalue weighted by Crippen LogP contribution is -2.47. The van der Waals surface area contributed by atoms with E-state index in [0.29, 0.717) is 19.4 Å². The van der Waals surface area contributed by atoms with Crippen molar-refractivity contribution in [2.24, 2.45) is 11.7 Å². The molecule has 0 spiro atoms. The zero-order valence-corrected chi connectivity index (χ0v) is 9.69. The van der Waals surface area contributed by atoms with Crippen LogP contribution < -0.4 is 5.73 Å². The summed E-state index contributed by atoms with van der Waals surface area (Å²) >= 11 is 0. The van der Waals surface area contributed by atoms with Crippen LogP contribution in [0.1, 0.15) is 32.6 Å². The van der Waals surface area contributed by atoms with Gasteiger partial charge in [-0.1, -0.05) is 6.92 Å². The Hall–Kier alpha value is -1.10. The van der Waals surface area contributed by atoms with E-state index in [9.17, 15) is 9.59 Å². The van der Waals surface area contributed by atoms with E-state index >= 15 is 0 Å². The van der Waals surface area contributed by atoms with Gasteiger partial charge in [0.05, 0.1) is 0 Å². The van der Waals surface area contributed by atoms with Crippen LogP contribution >= 0.6 is 0 Å². The molecule has 2 amide bonds. The molecular formula is C11H20N2O3. The minimum Gasteiger partial charge on any atom is -0.396 e. The molecule has 0 aromatic heterocycles. The average Bonchev–Trinajstić information content (AvgIpc) is 2.42. The van der Waals surface area contributed by atoms with Crippen molar-refractivity contribution in [2.75, 3.05) is 13.2 Å². The molecule has 0 aromatic carbocycles. The van der Waals surface area contributed by atoms with Crippen LogP contribution in [0.2, 0.25) is 0 Å². The number of nitrogens with zero attached hydrogens (tertiary/aromatic N) is 1. The third-order valence-electron chi connectivity index (χ3n) is 3.14. The molecule has 1 aliphatic heterocycles. The lowest BCUT2D eigenvalue weighted by molar-refractivity contribution is -0.139. The van der Waals surface area contributed by atoms with Crippen LogP contribution in [0.15, 0.2) is 0 Å². The molecule has 2 atom stereocenters. The summed E-state index contributed by atoms with van der Waals surface area (Å²) in [5.41, 5.74) is 5.28. The summed E-state index contributed by atoms with van der Waals surface area (Å²) in [7, 11) is 0. The molecule has 0 aromatic rings. The van der Waals surface area contributed by atoms with Gasteiger partial charge in [-0.05, 0) is 25.2 Å². The molecule has 92 valence electrons. The molecule has 1 fully saturated rings. The Kier molecular flexibility index (Phi) is 4.73. The fraction of sp³-hybridized carbons (Fsp3) is 0.818. The Morgan fingerprint density at radius 1 is 1.69 bits per heavy atom. The smallest absolute Gasteiger partial charge is 0.240 e. The van der Waals surface area contributed by atoms with Crippen LogP contribution in [0, 0.1) is 5.92 Å². The summed E-state index contributed by atoms with van der Waals surface area (Å²) in [6.07, 6.45) is 2.51. The molecule has 1 rings (SSSR count). The standard InChI is InChI=1S/C11H20N2O3/c1-2-9(11(12)16)13-5-3-4-8(7-14)6-10(13)15/h8-9,14H,2-7H2,1H3,(H2,12,16). The fourth-order valence-corrected chi connectivity index (χ4v) is 2.20. The number of primary amides is 1. The number of amides is 2. The SMILES string of the molecule is CCC(C(N)=O)N1CCCC(CO)CC1=O. The largest absolute Gasteiger partial charge is 0.396 e. The Morgan fingerprint density at radius 3 is 2.88 bits per heavy atom. The molecule has 5 nitrogen and oxygen atoms in total.